The molecule has 1 aliphatic heterocycles. The lowest BCUT2D eigenvalue weighted by molar-refractivity contribution is -0.122. The molecule has 7 heteroatoms. The van der Waals surface area contributed by atoms with Crippen LogP contribution >= 0.6 is 11.8 Å². The quantitative estimate of drug-likeness (QED) is 0.206. The van der Waals surface area contributed by atoms with Gasteiger partial charge in [0.15, 0.2) is 16.7 Å². The van der Waals surface area contributed by atoms with Gasteiger partial charge in [-0.2, -0.15) is 0 Å². The molecule has 0 saturated carbocycles. The van der Waals surface area contributed by atoms with E-state index in [1.165, 1.54) is 23.9 Å². The summed E-state index contributed by atoms with van der Waals surface area (Å²) in [5.74, 6) is 0.757. The number of ether oxygens (including phenoxy) is 2. The van der Waals surface area contributed by atoms with Crippen LogP contribution in [0.1, 0.15) is 23.6 Å². The molecule has 1 amide bonds. The molecular formula is C32H27FN2O3S. The second-order valence-corrected chi connectivity index (χ2v) is 9.78. The molecule has 0 atom stereocenters. The molecule has 0 aliphatic carbocycles. The summed E-state index contributed by atoms with van der Waals surface area (Å²) in [6.45, 7) is 3.07. The first-order valence-corrected chi connectivity index (χ1v) is 13.4. The van der Waals surface area contributed by atoms with Gasteiger partial charge in [0.25, 0.3) is 5.91 Å². The number of carbonyl (C=O) groups excluding carboxylic acids is 1. The maximum Gasteiger partial charge on any atom is 0.267 e. The molecule has 4 aromatic carbocycles. The molecule has 0 unspecified atom stereocenters. The van der Waals surface area contributed by atoms with Gasteiger partial charge >= 0.3 is 0 Å². The lowest BCUT2D eigenvalue weighted by Gasteiger charge is -2.15. The van der Waals surface area contributed by atoms with Crippen LogP contribution in [0.3, 0.4) is 0 Å². The number of nitrogens with zero attached hydrogens (tertiary/aromatic N) is 2. The maximum absolute atomic E-state index is 13.5. The highest BCUT2D eigenvalue weighted by Crippen LogP contribution is 2.37. The second-order valence-electron chi connectivity index (χ2n) is 8.77. The van der Waals surface area contributed by atoms with Gasteiger partial charge in [-0.3, -0.25) is 9.69 Å². The van der Waals surface area contributed by atoms with Crippen molar-refractivity contribution in [2.24, 2.45) is 4.99 Å². The summed E-state index contributed by atoms with van der Waals surface area (Å²) in [6.07, 6.45) is 1.85. The number of carbonyl (C=O) groups is 1. The molecule has 0 aromatic heterocycles. The van der Waals surface area contributed by atoms with E-state index in [0.29, 0.717) is 34.7 Å². The van der Waals surface area contributed by atoms with Crippen molar-refractivity contribution in [3.05, 3.63) is 131 Å². The smallest absolute Gasteiger partial charge is 0.267 e. The molecule has 39 heavy (non-hydrogen) atoms. The minimum Gasteiger partial charge on any atom is -0.490 e. The fourth-order valence-corrected chi connectivity index (χ4v) is 5.00. The number of hydrogen-bond acceptors (Lipinski definition) is 5. The number of benzene rings is 4. The molecule has 0 bridgehead atoms. The van der Waals surface area contributed by atoms with Crippen LogP contribution in [0.15, 0.2) is 113 Å². The summed E-state index contributed by atoms with van der Waals surface area (Å²) < 4.78 is 25.0. The normalized spacial score (nSPS) is 15.2. The SMILES string of the molecule is CCOc1cc(/C=C2/SC(=Nc3ccccc3)N(Cc3ccccc3)C2=O)ccc1OCc1ccc(F)cc1. The van der Waals surface area contributed by atoms with Crippen LogP contribution in [0, 0.1) is 5.82 Å². The van der Waals surface area contributed by atoms with Gasteiger partial charge in [-0.05, 0) is 77.9 Å². The molecule has 1 fully saturated rings. The maximum atomic E-state index is 13.5. The highest BCUT2D eigenvalue weighted by Gasteiger charge is 2.33. The van der Waals surface area contributed by atoms with Gasteiger partial charge in [-0.1, -0.05) is 66.7 Å². The van der Waals surface area contributed by atoms with E-state index in [1.54, 1.807) is 17.0 Å². The summed E-state index contributed by atoms with van der Waals surface area (Å²) in [6, 6.07) is 31.3. The van der Waals surface area contributed by atoms with Crippen molar-refractivity contribution >= 4 is 34.6 Å². The van der Waals surface area contributed by atoms with E-state index < -0.39 is 0 Å². The van der Waals surface area contributed by atoms with Crippen LogP contribution in [0.4, 0.5) is 10.1 Å². The number of thioether (sulfide) groups is 1. The van der Waals surface area contributed by atoms with Crippen molar-refractivity contribution < 1.29 is 18.7 Å². The Morgan fingerprint density at radius 3 is 2.28 bits per heavy atom. The minimum absolute atomic E-state index is 0.104. The average Bonchev–Trinajstić information content (AvgIpc) is 3.23. The van der Waals surface area contributed by atoms with E-state index in [0.717, 1.165) is 22.4 Å². The highest BCUT2D eigenvalue weighted by atomic mass is 32.2. The van der Waals surface area contributed by atoms with Crippen LogP contribution in [0.2, 0.25) is 0 Å². The van der Waals surface area contributed by atoms with E-state index in [2.05, 4.69) is 0 Å². The van der Waals surface area contributed by atoms with E-state index >= 15 is 0 Å². The first kappa shape index (κ1) is 26.3. The largest absolute Gasteiger partial charge is 0.490 e. The number of amidine groups is 1. The first-order valence-electron chi connectivity index (χ1n) is 12.6. The fourth-order valence-electron chi connectivity index (χ4n) is 4.00. The fraction of sp³-hybridized carbons (Fsp3) is 0.125. The van der Waals surface area contributed by atoms with Crippen LogP contribution in [0.25, 0.3) is 6.08 Å². The van der Waals surface area contributed by atoms with E-state index in [4.69, 9.17) is 14.5 Å². The highest BCUT2D eigenvalue weighted by molar-refractivity contribution is 8.18. The Labute approximate surface area is 231 Å². The summed E-state index contributed by atoms with van der Waals surface area (Å²) in [5.41, 5.74) is 3.47. The monoisotopic (exact) mass is 538 g/mol. The van der Waals surface area contributed by atoms with Gasteiger partial charge in [0.1, 0.15) is 12.4 Å². The summed E-state index contributed by atoms with van der Waals surface area (Å²) in [7, 11) is 0. The van der Waals surface area contributed by atoms with E-state index in [-0.39, 0.29) is 18.3 Å². The number of aliphatic imine (C=N–C) groups is 1. The second kappa shape index (κ2) is 12.5. The van der Waals surface area contributed by atoms with Crippen LogP contribution in [-0.4, -0.2) is 22.6 Å². The molecule has 1 saturated heterocycles. The predicted octanol–water partition coefficient (Wildman–Crippen LogP) is 7.61. The van der Waals surface area contributed by atoms with Crippen LogP contribution < -0.4 is 9.47 Å². The van der Waals surface area contributed by atoms with Gasteiger partial charge in [-0.15, -0.1) is 0 Å². The van der Waals surface area contributed by atoms with Crippen molar-refractivity contribution in [1.29, 1.82) is 0 Å². The Morgan fingerprint density at radius 1 is 0.846 bits per heavy atom. The molecule has 5 rings (SSSR count). The summed E-state index contributed by atoms with van der Waals surface area (Å²) in [4.78, 5) is 20.6. The Bertz CT molecular complexity index is 1490. The average molecular weight is 539 g/mol. The Kier molecular flexibility index (Phi) is 8.39. The third-order valence-corrected chi connectivity index (χ3v) is 6.93. The van der Waals surface area contributed by atoms with E-state index in [9.17, 15) is 9.18 Å². The molecule has 4 aromatic rings. The third kappa shape index (κ3) is 6.75. The molecule has 1 heterocycles. The Balaban J connectivity index is 1.41. The number of amides is 1. The van der Waals surface area contributed by atoms with Crippen molar-refractivity contribution in [3.63, 3.8) is 0 Å². The zero-order valence-electron chi connectivity index (χ0n) is 21.4. The molecule has 0 N–H and O–H groups in total. The topological polar surface area (TPSA) is 51.1 Å². The number of para-hydroxylation sites is 1. The Hall–Kier alpha value is -4.36. The summed E-state index contributed by atoms with van der Waals surface area (Å²) >= 11 is 1.35. The van der Waals surface area contributed by atoms with E-state index in [1.807, 2.05) is 91.9 Å². The zero-order chi connectivity index (χ0) is 27.0. The van der Waals surface area contributed by atoms with Gasteiger partial charge < -0.3 is 9.47 Å². The lowest BCUT2D eigenvalue weighted by atomic mass is 10.1. The van der Waals surface area contributed by atoms with Crippen molar-refractivity contribution in [1.82, 2.24) is 4.90 Å². The van der Waals surface area contributed by atoms with Crippen molar-refractivity contribution in [2.45, 2.75) is 20.1 Å². The van der Waals surface area contributed by atoms with Crippen LogP contribution in [0.5, 0.6) is 11.5 Å². The number of rotatable bonds is 9. The number of halogens is 1. The zero-order valence-corrected chi connectivity index (χ0v) is 22.2. The number of hydrogen-bond donors (Lipinski definition) is 0. The Morgan fingerprint density at radius 2 is 1.56 bits per heavy atom. The summed E-state index contributed by atoms with van der Waals surface area (Å²) in [5, 5.41) is 0.630. The van der Waals surface area contributed by atoms with Gasteiger partial charge in [0.05, 0.1) is 23.7 Å². The molecular weight excluding hydrogens is 511 g/mol. The first-order chi connectivity index (χ1) is 19.1. The minimum atomic E-state index is -0.287. The predicted molar refractivity (Wildman–Crippen MR) is 154 cm³/mol. The van der Waals surface area contributed by atoms with Crippen LogP contribution in [-0.2, 0) is 17.9 Å². The lowest BCUT2D eigenvalue weighted by Crippen LogP contribution is -2.28. The van der Waals surface area contributed by atoms with Crippen molar-refractivity contribution in [2.75, 3.05) is 6.61 Å². The molecule has 0 radical (unpaired) electrons. The third-order valence-electron chi connectivity index (χ3n) is 5.93. The molecule has 5 nitrogen and oxygen atoms in total. The molecule has 0 spiro atoms. The van der Waals surface area contributed by atoms with Gasteiger partial charge in [0.2, 0.25) is 0 Å². The molecule has 1 aliphatic rings. The van der Waals surface area contributed by atoms with Crippen molar-refractivity contribution in [3.8, 4) is 11.5 Å². The molecule has 196 valence electrons. The standard InChI is InChI=1S/C32H27FN2O3S/c1-2-37-29-19-25(15-18-28(29)38-22-24-13-16-26(33)17-14-24)20-30-31(36)35(21-23-9-5-3-6-10-23)32(39-30)34-27-11-7-4-8-12-27/h3-20H,2,21-22H2,1H3/b30-20+,34-32?. The van der Waals surface area contributed by atoms with Gasteiger partial charge in [0, 0.05) is 0 Å². The van der Waals surface area contributed by atoms with Gasteiger partial charge in [-0.25, -0.2) is 9.38 Å².